The molecule has 0 aromatic heterocycles. The molecular weight excluding hydrogens is 348 g/mol. The number of anilines is 1. The average molecular weight is 379 g/mol. The first-order chi connectivity index (χ1) is 12.3. The largest absolute Gasteiger partial charge is 0.326 e. The molecule has 0 spiro atoms. The Morgan fingerprint density at radius 2 is 1.96 bits per heavy atom. The van der Waals surface area contributed by atoms with Crippen molar-refractivity contribution in [1.29, 1.82) is 0 Å². The Hall–Kier alpha value is -1.66. The van der Waals surface area contributed by atoms with Crippen molar-refractivity contribution in [1.82, 2.24) is 4.31 Å². The van der Waals surface area contributed by atoms with Crippen LogP contribution in [0.1, 0.15) is 49.7 Å². The third-order valence-corrected chi connectivity index (χ3v) is 6.31. The molecule has 26 heavy (non-hydrogen) atoms. The van der Waals surface area contributed by atoms with Gasteiger partial charge in [-0.05, 0) is 63.1 Å². The lowest BCUT2D eigenvalue weighted by Crippen LogP contribution is -2.34. The van der Waals surface area contributed by atoms with Crippen LogP contribution in [0.5, 0.6) is 0 Å². The topological polar surface area (TPSA) is 66.5 Å². The molecule has 5 nitrogen and oxygen atoms in total. The zero-order chi connectivity index (χ0) is 19.2. The van der Waals surface area contributed by atoms with Crippen LogP contribution in [-0.2, 0) is 14.8 Å². The summed E-state index contributed by atoms with van der Waals surface area (Å²) < 4.78 is 25.5. The smallest absolute Gasteiger partial charge is 0.225 e. The molecule has 1 N–H and O–H groups in total. The van der Waals surface area contributed by atoms with Crippen LogP contribution in [-0.4, -0.2) is 38.0 Å². The fraction of sp³-hybridized carbons (Fsp3) is 0.550. The van der Waals surface area contributed by atoms with Crippen molar-refractivity contribution in [2.75, 3.05) is 24.7 Å². The van der Waals surface area contributed by atoms with Gasteiger partial charge in [0.25, 0.3) is 0 Å². The molecule has 1 aliphatic rings. The second kappa shape index (κ2) is 9.33. The number of nitrogens with one attached hydrogen (secondary N) is 1. The van der Waals surface area contributed by atoms with E-state index in [9.17, 15) is 13.2 Å². The molecule has 6 heteroatoms. The quantitative estimate of drug-likeness (QED) is 0.700. The molecular formula is C20H30N2O3S. The molecule has 0 heterocycles. The van der Waals surface area contributed by atoms with Gasteiger partial charge in [0, 0.05) is 25.2 Å². The number of sulfonamides is 1. The lowest BCUT2D eigenvalue weighted by atomic mass is 9.97. The third-order valence-electron chi connectivity index (χ3n) is 5.00. The molecule has 0 bridgehead atoms. The highest BCUT2D eigenvalue weighted by Crippen LogP contribution is 2.21. The maximum Gasteiger partial charge on any atom is 0.225 e. The van der Waals surface area contributed by atoms with E-state index >= 15 is 0 Å². The minimum atomic E-state index is -3.32. The average Bonchev–Trinajstić information content (AvgIpc) is 2.58. The highest BCUT2D eigenvalue weighted by molar-refractivity contribution is 7.88. The summed E-state index contributed by atoms with van der Waals surface area (Å²) in [6, 6.07) is 5.76. The molecule has 1 amide bonds. The molecule has 1 aromatic rings. The SMILES string of the molecule is Cc1cccc(NC(=O)CCN(CCC2=CCCCC2)S(C)(=O)=O)c1C. The molecule has 0 atom stereocenters. The van der Waals surface area contributed by atoms with E-state index in [2.05, 4.69) is 11.4 Å². The number of benzene rings is 1. The van der Waals surface area contributed by atoms with Crippen LogP contribution in [0.4, 0.5) is 5.69 Å². The summed E-state index contributed by atoms with van der Waals surface area (Å²) in [6.07, 6.45) is 8.91. The molecule has 1 aliphatic carbocycles. The Morgan fingerprint density at radius 3 is 2.62 bits per heavy atom. The van der Waals surface area contributed by atoms with Crippen molar-refractivity contribution >= 4 is 21.6 Å². The third kappa shape index (κ3) is 6.25. The number of amides is 1. The highest BCUT2D eigenvalue weighted by Gasteiger charge is 2.19. The van der Waals surface area contributed by atoms with Crippen molar-refractivity contribution in [3.05, 3.63) is 41.0 Å². The van der Waals surface area contributed by atoms with E-state index in [0.717, 1.165) is 36.1 Å². The summed E-state index contributed by atoms with van der Waals surface area (Å²) in [5, 5.41) is 2.89. The van der Waals surface area contributed by atoms with E-state index in [0.29, 0.717) is 6.54 Å². The van der Waals surface area contributed by atoms with Crippen molar-refractivity contribution < 1.29 is 13.2 Å². The zero-order valence-corrected chi connectivity index (χ0v) is 16.9. The molecule has 2 rings (SSSR count). The number of nitrogens with zero attached hydrogens (tertiary/aromatic N) is 1. The number of carbonyl (C=O) groups is 1. The van der Waals surface area contributed by atoms with Crippen LogP contribution in [0, 0.1) is 13.8 Å². The monoisotopic (exact) mass is 378 g/mol. The lowest BCUT2D eigenvalue weighted by Gasteiger charge is -2.21. The first-order valence-corrected chi connectivity index (χ1v) is 11.1. The predicted octanol–water partition coefficient (Wildman–Crippen LogP) is 3.78. The van der Waals surface area contributed by atoms with Gasteiger partial charge in [-0.25, -0.2) is 12.7 Å². The number of carbonyl (C=O) groups excluding carboxylic acids is 1. The van der Waals surface area contributed by atoms with Gasteiger partial charge in [-0.3, -0.25) is 4.79 Å². The van der Waals surface area contributed by atoms with E-state index in [1.807, 2.05) is 32.0 Å². The summed E-state index contributed by atoms with van der Waals surface area (Å²) in [4.78, 5) is 12.3. The number of hydrogen-bond acceptors (Lipinski definition) is 3. The molecule has 0 saturated carbocycles. The van der Waals surface area contributed by atoms with Gasteiger partial charge in [0.1, 0.15) is 0 Å². The van der Waals surface area contributed by atoms with Gasteiger partial charge in [-0.1, -0.05) is 23.8 Å². The molecule has 1 aromatic carbocycles. The van der Waals surface area contributed by atoms with Crippen LogP contribution in [0.25, 0.3) is 0 Å². The summed E-state index contributed by atoms with van der Waals surface area (Å²) >= 11 is 0. The Balaban J connectivity index is 1.90. The van der Waals surface area contributed by atoms with Crippen molar-refractivity contribution in [3.63, 3.8) is 0 Å². The fourth-order valence-electron chi connectivity index (χ4n) is 3.17. The second-order valence-electron chi connectivity index (χ2n) is 7.07. The molecule has 0 unspecified atom stereocenters. The van der Waals surface area contributed by atoms with Gasteiger partial charge >= 0.3 is 0 Å². The Labute approximate surface area is 157 Å². The van der Waals surface area contributed by atoms with Gasteiger partial charge in [0.05, 0.1) is 6.26 Å². The van der Waals surface area contributed by atoms with Crippen LogP contribution in [0.15, 0.2) is 29.8 Å². The number of rotatable bonds is 8. The van der Waals surface area contributed by atoms with Crippen molar-refractivity contribution in [3.8, 4) is 0 Å². The van der Waals surface area contributed by atoms with E-state index in [1.165, 1.54) is 29.0 Å². The Kier molecular flexibility index (Phi) is 7.41. The van der Waals surface area contributed by atoms with Gasteiger partial charge in [-0.2, -0.15) is 0 Å². The standard InChI is InChI=1S/C20H30N2O3S/c1-16-8-7-11-19(17(16)2)21-20(23)13-15-22(26(3,24)25)14-12-18-9-5-4-6-10-18/h7-9,11H,4-6,10,12-15H2,1-3H3,(H,21,23). The number of allylic oxidation sites excluding steroid dienone is 1. The van der Waals surface area contributed by atoms with Crippen LogP contribution >= 0.6 is 0 Å². The Morgan fingerprint density at radius 1 is 1.19 bits per heavy atom. The van der Waals surface area contributed by atoms with Crippen LogP contribution < -0.4 is 5.32 Å². The fourth-order valence-corrected chi connectivity index (χ4v) is 4.01. The molecule has 0 fully saturated rings. The van der Waals surface area contributed by atoms with E-state index in [-0.39, 0.29) is 18.9 Å². The Bertz CT molecular complexity index is 769. The van der Waals surface area contributed by atoms with Crippen molar-refractivity contribution in [2.24, 2.45) is 0 Å². The maximum atomic E-state index is 12.3. The van der Waals surface area contributed by atoms with E-state index < -0.39 is 10.0 Å². The minimum absolute atomic E-state index is 0.152. The summed E-state index contributed by atoms with van der Waals surface area (Å²) in [6.45, 7) is 4.62. The lowest BCUT2D eigenvalue weighted by molar-refractivity contribution is -0.116. The van der Waals surface area contributed by atoms with Gasteiger partial charge < -0.3 is 5.32 Å². The van der Waals surface area contributed by atoms with Gasteiger partial charge in [-0.15, -0.1) is 0 Å². The predicted molar refractivity (Wildman–Crippen MR) is 107 cm³/mol. The van der Waals surface area contributed by atoms with E-state index in [1.54, 1.807) is 0 Å². The van der Waals surface area contributed by atoms with Gasteiger partial charge in [0.2, 0.25) is 15.9 Å². The number of aryl methyl sites for hydroxylation is 1. The van der Waals surface area contributed by atoms with E-state index in [4.69, 9.17) is 0 Å². The number of hydrogen-bond donors (Lipinski definition) is 1. The van der Waals surface area contributed by atoms with Gasteiger partial charge in [0.15, 0.2) is 0 Å². The molecule has 0 aliphatic heterocycles. The summed E-state index contributed by atoms with van der Waals surface area (Å²) in [5.74, 6) is -0.163. The second-order valence-corrected chi connectivity index (χ2v) is 9.05. The maximum absolute atomic E-state index is 12.3. The molecule has 144 valence electrons. The molecule has 0 saturated heterocycles. The van der Waals surface area contributed by atoms with Crippen molar-refractivity contribution in [2.45, 2.75) is 52.4 Å². The first kappa shape index (κ1) is 20.6. The summed E-state index contributed by atoms with van der Waals surface area (Å²) in [5.41, 5.74) is 4.27. The highest BCUT2D eigenvalue weighted by atomic mass is 32.2. The minimum Gasteiger partial charge on any atom is -0.326 e. The zero-order valence-electron chi connectivity index (χ0n) is 16.0. The van der Waals surface area contributed by atoms with Crippen LogP contribution in [0.3, 0.4) is 0 Å². The van der Waals surface area contributed by atoms with Crippen LogP contribution in [0.2, 0.25) is 0 Å². The first-order valence-electron chi connectivity index (χ1n) is 9.26. The molecule has 0 radical (unpaired) electrons. The summed E-state index contributed by atoms with van der Waals surface area (Å²) in [7, 11) is -3.32. The normalized spacial score (nSPS) is 15.0.